The Morgan fingerprint density at radius 2 is 1.92 bits per heavy atom. The van der Waals surface area contributed by atoms with Crippen molar-refractivity contribution < 1.29 is 5.11 Å². The number of aliphatic hydroxyl groups is 1. The summed E-state index contributed by atoms with van der Waals surface area (Å²) >= 11 is 0. The highest BCUT2D eigenvalue weighted by Gasteiger charge is 2.04. The number of hydrogen-bond donors (Lipinski definition) is 3. The van der Waals surface area contributed by atoms with E-state index in [0.29, 0.717) is 0 Å². The van der Waals surface area contributed by atoms with Gasteiger partial charge in [0.05, 0.1) is 12.6 Å². The molecular weight excluding hydrogens is 165 g/mol. The Labute approximate surface area is 76.9 Å². The van der Waals surface area contributed by atoms with E-state index < -0.39 is 6.10 Å². The standard InChI is InChI=1S/C9H13N3O/c10-9(11)12-6-8(13)7-4-2-1-3-5-7/h1-5,8,13H,6H2,(H4,10,11,12)/i9-1. The van der Waals surface area contributed by atoms with Crippen molar-refractivity contribution >= 4 is 5.96 Å². The normalized spacial score (nSPS) is 12.1. The van der Waals surface area contributed by atoms with Crippen LogP contribution in [0.5, 0.6) is 0 Å². The fourth-order valence-electron chi connectivity index (χ4n) is 0.972. The van der Waals surface area contributed by atoms with Crippen molar-refractivity contribution in [3.8, 4) is 0 Å². The van der Waals surface area contributed by atoms with Gasteiger partial charge in [0.25, 0.3) is 0 Å². The molecule has 70 valence electrons. The molecule has 1 aromatic carbocycles. The Balaban J connectivity index is 2.59. The second-order valence-electron chi connectivity index (χ2n) is 2.69. The molecule has 0 aliphatic rings. The number of aliphatic hydroxyl groups excluding tert-OH is 1. The molecular formula is C9H13N3O. The maximum absolute atomic E-state index is 9.55. The van der Waals surface area contributed by atoms with Crippen LogP contribution in [0.15, 0.2) is 35.3 Å². The van der Waals surface area contributed by atoms with Crippen LogP contribution in [0.25, 0.3) is 0 Å². The van der Waals surface area contributed by atoms with Crippen LogP contribution in [0, 0.1) is 0 Å². The van der Waals surface area contributed by atoms with Gasteiger partial charge in [-0.3, -0.25) is 4.99 Å². The summed E-state index contributed by atoms with van der Waals surface area (Å²) < 4.78 is 0. The van der Waals surface area contributed by atoms with E-state index in [1.807, 2.05) is 30.3 Å². The van der Waals surface area contributed by atoms with Crippen molar-refractivity contribution in [1.82, 2.24) is 0 Å². The molecule has 0 heterocycles. The van der Waals surface area contributed by atoms with Crippen LogP contribution in [0.3, 0.4) is 0 Å². The quantitative estimate of drug-likeness (QED) is 0.449. The Morgan fingerprint density at radius 1 is 1.31 bits per heavy atom. The molecule has 0 aliphatic heterocycles. The number of rotatable bonds is 3. The lowest BCUT2D eigenvalue weighted by Gasteiger charge is -2.07. The number of hydrogen-bond acceptors (Lipinski definition) is 2. The van der Waals surface area contributed by atoms with Gasteiger partial charge in [-0.05, 0) is 5.56 Å². The first kappa shape index (κ1) is 9.54. The molecule has 0 amide bonds. The summed E-state index contributed by atoms with van der Waals surface area (Å²) in [6.07, 6.45) is -0.636. The summed E-state index contributed by atoms with van der Waals surface area (Å²) in [6, 6.07) is 9.25. The van der Waals surface area contributed by atoms with E-state index in [9.17, 15) is 5.11 Å². The SMILES string of the molecule is N[11C](N)=NCC(O)c1ccccc1. The van der Waals surface area contributed by atoms with Gasteiger partial charge >= 0.3 is 0 Å². The number of nitrogens with zero attached hydrogens (tertiary/aromatic N) is 1. The molecule has 0 saturated heterocycles. The van der Waals surface area contributed by atoms with E-state index >= 15 is 0 Å². The van der Waals surface area contributed by atoms with Crippen LogP contribution in [0.1, 0.15) is 11.7 Å². The lowest BCUT2D eigenvalue weighted by atomic mass is 10.1. The Kier molecular flexibility index (Phi) is 3.28. The van der Waals surface area contributed by atoms with Gasteiger partial charge < -0.3 is 16.6 Å². The summed E-state index contributed by atoms with van der Waals surface area (Å²) in [5, 5.41) is 9.55. The van der Waals surface area contributed by atoms with Crippen LogP contribution < -0.4 is 11.5 Å². The summed E-state index contributed by atoms with van der Waals surface area (Å²) in [7, 11) is 0. The largest absolute Gasteiger partial charge is 0.386 e. The highest BCUT2D eigenvalue weighted by molar-refractivity contribution is 5.75. The van der Waals surface area contributed by atoms with Crippen molar-refractivity contribution in [2.24, 2.45) is 16.5 Å². The van der Waals surface area contributed by atoms with E-state index in [1.165, 1.54) is 0 Å². The van der Waals surface area contributed by atoms with Crippen molar-refractivity contribution in [1.29, 1.82) is 0 Å². The minimum absolute atomic E-state index is 0.00465. The summed E-state index contributed by atoms with van der Waals surface area (Å²) in [6.45, 7) is 0.201. The molecule has 13 heavy (non-hydrogen) atoms. The van der Waals surface area contributed by atoms with Crippen molar-refractivity contribution in [2.75, 3.05) is 6.54 Å². The molecule has 0 aliphatic carbocycles. The molecule has 1 rings (SSSR count). The number of benzene rings is 1. The molecule has 1 aromatic rings. The third kappa shape index (κ3) is 3.13. The minimum Gasteiger partial charge on any atom is -0.386 e. The maximum Gasteiger partial charge on any atom is 0.186 e. The summed E-state index contributed by atoms with van der Waals surface area (Å²) in [5.41, 5.74) is 11.1. The smallest absolute Gasteiger partial charge is 0.186 e. The molecule has 4 nitrogen and oxygen atoms in total. The monoisotopic (exact) mass is 178 g/mol. The molecule has 0 aromatic heterocycles. The highest BCUT2D eigenvalue weighted by Crippen LogP contribution is 2.11. The molecule has 0 saturated carbocycles. The maximum atomic E-state index is 9.55. The van der Waals surface area contributed by atoms with Crippen LogP contribution in [0.4, 0.5) is 0 Å². The molecule has 5 N–H and O–H groups in total. The lowest BCUT2D eigenvalue weighted by Crippen LogP contribution is -2.23. The van der Waals surface area contributed by atoms with Gasteiger partial charge in [0.15, 0.2) is 5.96 Å². The first-order valence-corrected chi connectivity index (χ1v) is 3.98. The van der Waals surface area contributed by atoms with Crippen LogP contribution >= 0.6 is 0 Å². The van der Waals surface area contributed by atoms with Crippen molar-refractivity contribution in [3.63, 3.8) is 0 Å². The van der Waals surface area contributed by atoms with Crippen molar-refractivity contribution in [3.05, 3.63) is 35.9 Å². The van der Waals surface area contributed by atoms with Crippen molar-refractivity contribution in [2.45, 2.75) is 6.10 Å². The Morgan fingerprint density at radius 3 is 2.46 bits per heavy atom. The average molecular weight is 178 g/mol. The molecule has 0 fully saturated rings. The zero-order valence-electron chi connectivity index (χ0n) is 7.22. The molecule has 1 atom stereocenters. The highest BCUT2D eigenvalue weighted by atomic mass is 16.3. The number of guanidine groups is 1. The first-order valence-electron chi connectivity index (χ1n) is 3.98. The molecule has 0 bridgehead atoms. The molecule has 4 heteroatoms. The minimum atomic E-state index is -0.636. The van der Waals surface area contributed by atoms with Gasteiger partial charge in [-0.15, -0.1) is 0 Å². The predicted molar refractivity (Wildman–Crippen MR) is 52.1 cm³/mol. The lowest BCUT2D eigenvalue weighted by molar-refractivity contribution is 0.187. The molecule has 0 spiro atoms. The average Bonchev–Trinajstić information content (AvgIpc) is 2.15. The van der Waals surface area contributed by atoms with Gasteiger partial charge in [-0.2, -0.15) is 0 Å². The van der Waals surface area contributed by atoms with Crippen LogP contribution in [-0.2, 0) is 0 Å². The van der Waals surface area contributed by atoms with E-state index in [2.05, 4.69) is 4.99 Å². The predicted octanol–water partition coefficient (Wildman–Crippen LogP) is -0.00660. The third-order valence-corrected chi connectivity index (χ3v) is 1.63. The molecule has 1 unspecified atom stereocenters. The second kappa shape index (κ2) is 4.47. The zero-order chi connectivity index (χ0) is 9.68. The summed E-state index contributed by atoms with van der Waals surface area (Å²) in [4.78, 5) is 3.72. The van der Waals surface area contributed by atoms with Gasteiger partial charge in [0.1, 0.15) is 0 Å². The van der Waals surface area contributed by atoms with E-state index in [-0.39, 0.29) is 12.5 Å². The Hall–Kier alpha value is -1.55. The van der Waals surface area contributed by atoms with Crippen LogP contribution in [-0.4, -0.2) is 17.6 Å². The van der Waals surface area contributed by atoms with Gasteiger partial charge in [-0.25, -0.2) is 0 Å². The Bertz CT molecular complexity index is 280. The van der Waals surface area contributed by atoms with E-state index in [4.69, 9.17) is 11.5 Å². The zero-order valence-corrected chi connectivity index (χ0v) is 7.22. The van der Waals surface area contributed by atoms with Gasteiger partial charge in [0, 0.05) is 0 Å². The van der Waals surface area contributed by atoms with E-state index in [1.54, 1.807) is 0 Å². The van der Waals surface area contributed by atoms with Gasteiger partial charge in [0.2, 0.25) is 0 Å². The number of aliphatic imine (C=N–C) groups is 1. The van der Waals surface area contributed by atoms with Gasteiger partial charge in [-0.1, -0.05) is 30.3 Å². The third-order valence-electron chi connectivity index (χ3n) is 1.63. The number of nitrogens with two attached hydrogens (primary N) is 2. The fraction of sp³-hybridized carbons (Fsp3) is 0.222. The van der Waals surface area contributed by atoms with Crippen LogP contribution in [0.2, 0.25) is 0 Å². The topological polar surface area (TPSA) is 84.6 Å². The summed E-state index contributed by atoms with van der Waals surface area (Å²) in [5.74, 6) is -0.00465. The fourth-order valence-corrected chi connectivity index (χ4v) is 0.972. The first-order chi connectivity index (χ1) is 6.20. The molecule has 0 radical (unpaired) electrons. The second-order valence-corrected chi connectivity index (χ2v) is 2.69. The van der Waals surface area contributed by atoms with E-state index in [0.717, 1.165) is 5.56 Å².